The maximum Gasteiger partial charge on any atom is 0.328 e. The highest BCUT2D eigenvalue weighted by molar-refractivity contribution is 5.80. The molecule has 0 atom stereocenters. The fourth-order valence-corrected chi connectivity index (χ4v) is 0.337. The summed E-state index contributed by atoms with van der Waals surface area (Å²) in [6.45, 7) is 0. The Morgan fingerprint density at radius 3 is 2.80 bits per heavy atom. The predicted octanol–water partition coefficient (Wildman–Crippen LogP) is 1.10. The topological polar surface area (TPSA) is 61.1 Å². The quantitative estimate of drug-likeness (QED) is 0.468. The van der Waals surface area contributed by atoms with Crippen LogP contribution in [0.2, 0.25) is 0 Å². The Balaban J connectivity index is 3.54. The molecule has 3 heteroatoms. The van der Waals surface area contributed by atoms with Crippen molar-refractivity contribution in [2.45, 2.75) is 6.42 Å². The Morgan fingerprint density at radius 2 is 2.30 bits per heavy atom. The van der Waals surface area contributed by atoms with Gasteiger partial charge in [0.1, 0.15) is 0 Å². The monoisotopic (exact) mass is 137 g/mol. The molecule has 1 N–H and O–H groups in total. The summed E-state index contributed by atoms with van der Waals surface area (Å²) in [5.41, 5.74) is 0. The van der Waals surface area contributed by atoms with Gasteiger partial charge in [-0.05, 0) is 0 Å². The van der Waals surface area contributed by atoms with Crippen LogP contribution in [0.15, 0.2) is 24.3 Å². The number of nitrogens with zero attached hydrogens (tertiary/aromatic N) is 1. The number of nitriles is 1. The van der Waals surface area contributed by atoms with Gasteiger partial charge in [-0.25, -0.2) is 4.79 Å². The van der Waals surface area contributed by atoms with E-state index in [4.69, 9.17) is 10.4 Å². The Labute approximate surface area is 58.9 Å². The first kappa shape index (κ1) is 8.44. The first-order valence-electron chi connectivity index (χ1n) is 2.70. The highest BCUT2D eigenvalue weighted by atomic mass is 16.4. The highest BCUT2D eigenvalue weighted by Crippen LogP contribution is 1.81. The van der Waals surface area contributed by atoms with E-state index in [1.54, 1.807) is 6.08 Å². The van der Waals surface area contributed by atoms with Crippen molar-refractivity contribution in [1.82, 2.24) is 0 Å². The van der Waals surface area contributed by atoms with Gasteiger partial charge in [0.25, 0.3) is 0 Å². The molecule has 0 spiro atoms. The molecule has 0 radical (unpaired) electrons. The van der Waals surface area contributed by atoms with Crippen LogP contribution < -0.4 is 0 Å². The zero-order valence-corrected chi connectivity index (χ0v) is 5.32. The van der Waals surface area contributed by atoms with Gasteiger partial charge in [-0.3, -0.25) is 0 Å². The summed E-state index contributed by atoms with van der Waals surface area (Å²) < 4.78 is 0. The van der Waals surface area contributed by atoms with Crippen LogP contribution in [0.1, 0.15) is 6.42 Å². The molecule has 0 saturated carbocycles. The lowest BCUT2D eigenvalue weighted by molar-refractivity contribution is -0.131. The van der Waals surface area contributed by atoms with E-state index in [0.29, 0.717) is 6.42 Å². The molecule has 10 heavy (non-hydrogen) atoms. The van der Waals surface area contributed by atoms with Crippen molar-refractivity contribution in [3.8, 4) is 6.07 Å². The number of hydrogen-bond acceptors (Lipinski definition) is 2. The van der Waals surface area contributed by atoms with Gasteiger partial charge in [-0.1, -0.05) is 18.2 Å². The fourth-order valence-electron chi connectivity index (χ4n) is 0.337. The molecule has 0 amide bonds. The van der Waals surface area contributed by atoms with Crippen molar-refractivity contribution in [3.63, 3.8) is 0 Å². The second-order valence-corrected chi connectivity index (χ2v) is 1.49. The maximum atomic E-state index is 9.85. The van der Waals surface area contributed by atoms with Crippen LogP contribution in [0.4, 0.5) is 0 Å². The molecule has 0 aromatic rings. The van der Waals surface area contributed by atoms with E-state index < -0.39 is 5.97 Å². The van der Waals surface area contributed by atoms with E-state index in [0.717, 1.165) is 6.08 Å². The van der Waals surface area contributed by atoms with Crippen molar-refractivity contribution >= 4 is 5.97 Å². The predicted molar refractivity (Wildman–Crippen MR) is 36.1 cm³/mol. The second-order valence-electron chi connectivity index (χ2n) is 1.49. The third kappa shape index (κ3) is 6.44. The Bertz CT molecular complexity index is 198. The van der Waals surface area contributed by atoms with Gasteiger partial charge in [-0.2, -0.15) is 5.26 Å². The average molecular weight is 137 g/mol. The van der Waals surface area contributed by atoms with Gasteiger partial charge in [0.15, 0.2) is 0 Å². The van der Waals surface area contributed by atoms with E-state index in [2.05, 4.69) is 0 Å². The molecule has 0 heterocycles. The van der Waals surface area contributed by atoms with Crippen LogP contribution in [-0.4, -0.2) is 11.1 Å². The van der Waals surface area contributed by atoms with Gasteiger partial charge in [0, 0.05) is 6.08 Å². The molecule has 3 nitrogen and oxygen atoms in total. The van der Waals surface area contributed by atoms with Crippen LogP contribution >= 0.6 is 0 Å². The number of rotatable bonds is 3. The first-order chi connectivity index (χ1) is 4.77. The Kier molecular flexibility index (Phi) is 4.70. The molecule has 0 aliphatic carbocycles. The number of hydrogen-bond donors (Lipinski definition) is 1. The first-order valence-corrected chi connectivity index (χ1v) is 2.70. The van der Waals surface area contributed by atoms with Gasteiger partial charge in [-0.15, -0.1) is 0 Å². The SMILES string of the molecule is N#CC/C=C/C=C/C(=O)O. The summed E-state index contributed by atoms with van der Waals surface area (Å²) in [7, 11) is 0. The zero-order chi connectivity index (χ0) is 7.82. The van der Waals surface area contributed by atoms with Gasteiger partial charge >= 0.3 is 5.97 Å². The number of aliphatic carboxylic acids is 1. The summed E-state index contributed by atoms with van der Waals surface area (Å²) in [5, 5.41) is 16.1. The van der Waals surface area contributed by atoms with Gasteiger partial charge < -0.3 is 5.11 Å². The number of carboxylic acid groups (broad SMARTS) is 1. The highest BCUT2D eigenvalue weighted by Gasteiger charge is 1.79. The number of allylic oxidation sites excluding steroid dienone is 3. The van der Waals surface area contributed by atoms with Crippen LogP contribution in [0.25, 0.3) is 0 Å². The van der Waals surface area contributed by atoms with Crippen molar-refractivity contribution in [2.24, 2.45) is 0 Å². The summed E-state index contributed by atoms with van der Waals surface area (Å²) in [4.78, 5) is 9.85. The fraction of sp³-hybridized carbons (Fsp3) is 0.143. The zero-order valence-electron chi connectivity index (χ0n) is 5.32. The second kappa shape index (κ2) is 5.57. The molecular formula is C7H7NO2. The Morgan fingerprint density at radius 1 is 1.60 bits per heavy atom. The lowest BCUT2D eigenvalue weighted by Crippen LogP contribution is -1.84. The summed E-state index contributed by atoms with van der Waals surface area (Å²) in [6, 6.07) is 1.89. The van der Waals surface area contributed by atoms with Gasteiger partial charge in [0.05, 0.1) is 12.5 Å². The van der Waals surface area contributed by atoms with E-state index in [-0.39, 0.29) is 0 Å². The van der Waals surface area contributed by atoms with Crippen LogP contribution in [0.3, 0.4) is 0 Å². The molecule has 0 unspecified atom stereocenters. The van der Waals surface area contributed by atoms with E-state index >= 15 is 0 Å². The standard InChI is InChI=1S/C7H7NO2/c8-6-4-2-1-3-5-7(9)10/h1-3,5H,4H2,(H,9,10)/b2-1+,5-3+. The molecule has 0 fully saturated rings. The maximum absolute atomic E-state index is 9.85. The lowest BCUT2D eigenvalue weighted by atomic mass is 10.4. The van der Waals surface area contributed by atoms with Crippen molar-refractivity contribution in [2.75, 3.05) is 0 Å². The number of carboxylic acids is 1. The summed E-state index contributed by atoms with van der Waals surface area (Å²) in [5.74, 6) is -0.985. The van der Waals surface area contributed by atoms with Crippen LogP contribution in [-0.2, 0) is 4.79 Å². The largest absolute Gasteiger partial charge is 0.478 e. The third-order valence-corrected chi connectivity index (χ3v) is 0.695. The molecule has 52 valence electrons. The molecule has 0 aromatic carbocycles. The minimum atomic E-state index is -0.985. The molecular weight excluding hydrogens is 130 g/mol. The average Bonchev–Trinajstić information content (AvgIpc) is 1.87. The normalized spacial score (nSPS) is 10.3. The minimum absolute atomic E-state index is 0.309. The van der Waals surface area contributed by atoms with Crippen molar-refractivity contribution < 1.29 is 9.90 Å². The number of carbonyl (C=O) groups is 1. The van der Waals surface area contributed by atoms with Crippen LogP contribution in [0, 0.1) is 11.3 Å². The summed E-state index contributed by atoms with van der Waals surface area (Å²) in [6.07, 6.45) is 5.80. The minimum Gasteiger partial charge on any atom is -0.478 e. The molecule has 0 aliphatic rings. The van der Waals surface area contributed by atoms with Crippen LogP contribution in [0.5, 0.6) is 0 Å². The molecule has 0 bridgehead atoms. The third-order valence-electron chi connectivity index (χ3n) is 0.695. The van der Waals surface area contributed by atoms with Crippen molar-refractivity contribution in [3.05, 3.63) is 24.3 Å². The smallest absolute Gasteiger partial charge is 0.328 e. The van der Waals surface area contributed by atoms with Gasteiger partial charge in [0.2, 0.25) is 0 Å². The molecule has 0 rings (SSSR count). The lowest BCUT2D eigenvalue weighted by Gasteiger charge is -1.74. The van der Waals surface area contributed by atoms with E-state index in [9.17, 15) is 4.79 Å². The molecule has 0 aromatic heterocycles. The van der Waals surface area contributed by atoms with Crippen molar-refractivity contribution in [1.29, 1.82) is 5.26 Å². The Hall–Kier alpha value is -1.56. The molecule has 0 saturated heterocycles. The summed E-state index contributed by atoms with van der Waals surface area (Å²) >= 11 is 0. The molecule has 0 aliphatic heterocycles. The van der Waals surface area contributed by atoms with E-state index in [1.165, 1.54) is 12.2 Å². The van der Waals surface area contributed by atoms with E-state index in [1.807, 2.05) is 6.07 Å².